The summed E-state index contributed by atoms with van der Waals surface area (Å²) in [6.45, 7) is 8.93. The molecule has 2 amide bonds. The highest BCUT2D eigenvalue weighted by atomic mass is 32.2. The number of nitrogens with one attached hydrogen (secondary N) is 1. The Morgan fingerprint density at radius 1 is 0.972 bits per heavy atom. The van der Waals surface area contributed by atoms with Gasteiger partial charge >= 0.3 is 0 Å². The van der Waals surface area contributed by atoms with E-state index in [1.165, 1.54) is 10.6 Å². The number of aryl methyl sites for hydroxylation is 1. The highest BCUT2D eigenvalue weighted by molar-refractivity contribution is 7.92. The first kappa shape index (κ1) is 29.4. The van der Waals surface area contributed by atoms with Gasteiger partial charge in [0.1, 0.15) is 6.04 Å². The standard InChI is InChI=1S/C28H41N3O4S/c1-6-19-29-28(33)25(7-2)30(21-18-24-14-9-8-10-15-24)27(32)17-12-20-31(36(5,34)35)26-16-11-13-22(3)23(26)4/h8-11,13-16,25H,6-7,12,17-21H2,1-5H3,(H,29,33)/t25-/m1/s1. The molecule has 1 atom stereocenters. The Kier molecular flexibility index (Phi) is 11.4. The zero-order valence-electron chi connectivity index (χ0n) is 22.3. The maximum absolute atomic E-state index is 13.4. The molecule has 0 unspecified atom stereocenters. The van der Waals surface area contributed by atoms with Crippen molar-refractivity contribution in [2.45, 2.75) is 65.8 Å². The van der Waals surface area contributed by atoms with Crippen LogP contribution in [-0.2, 0) is 26.0 Å². The van der Waals surface area contributed by atoms with E-state index in [0.29, 0.717) is 38.0 Å². The smallest absolute Gasteiger partial charge is 0.242 e. The molecule has 0 aromatic heterocycles. The van der Waals surface area contributed by atoms with Crippen LogP contribution in [0.3, 0.4) is 0 Å². The summed E-state index contributed by atoms with van der Waals surface area (Å²) in [5.74, 6) is -0.284. The fraction of sp³-hybridized carbons (Fsp3) is 0.500. The Hall–Kier alpha value is -2.87. The second kappa shape index (κ2) is 14.0. The molecule has 2 aromatic rings. The maximum atomic E-state index is 13.4. The van der Waals surface area contributed by atoms with Crippen LogP contribution in [0.25, 0.3) is 0 Å². The first-order chi connectivity index (χ1) is 17.1. The number of nitrogens with zero attached hydrogens (tertiary/aromatic N) is 2. The van der Waals surface area contributed by atoms with Gasteiger partial charge in [-0.1, -0.05) is 56.3 Å². The van der Waals surface area contributed by atoms with E-state index in [4.69, 9.17) is 0 Å². The molecule has 0 bridgehead atoms. The number of carbonyl (C=O) groups excluding carboxylic acids is 2. The van der Waals surface area contributed by atoms with Crippen LogP contribution in [-0.4, -0.2) is 57.1 Å². The van der Waals surface area contributed by atoms with Crippen molar-refractivity contribution >= 4 is 27.5 Å². The number of anilines is 1. The molecule has 8 heteroatoms. The van der Waals surface area contributed by atoms with Crippen molar-refractivity contribution in [3.05, 3.63) is 65.2 Å². The van der Waals surface area contributed by atoms with E-state index in [2.05, 4.69) is 5.32 Å². The molecule has 7 nitrogen and oxygen atoms in total. The van der Waals surface area contributed by atoms with Crippen molar-refractivity contribution in [1.29, 1.82) is 0 Å². The van der Waals surface area contributed by atoms with Crippen LogP contribution in [0, 0.1) is 13.8 Å². The van der Waals surface area contributed by atoms with Crippen LogP contribution in [0.1, 0.15) is 56.2 Å². The normalized spacial score (nSPS) is 12.1. The van der Waals surface area contributed by atoms with E-state index in [0.717, 1.165) is 23.1 Å². The van der Waals surface area contributed by atoms with Gasteiger partial charge in [0.15, 0.2) is 0 Å². The lowest BCUT2D eigenvalue weighted by Gasteiger charge is -2.31. The monoisotopic (exact) mass is 515 g/mol. The van der Waals surface area contributed by atoms with E-state index < -0.39 is 16.1 Å². The predicted octanol–water partition coefficient (Wildman–Crippen LogP) is 4.23. The number of sulfonamides is 1. The van der Waals surface area contributed by atoms with Gasteiger partial charge in [0.05, 0.1) is 11.9 Å². The second-order valence-corrected chi connectivity index (χ2v) is 11.1. The van der Waals surface area contributed by atoms with Gasteiger partial charge < -0.3 is 10.2 Å². The SMILES string of the molecule is CCCNC(=O)[C@@H](CC)N(CCc1ccccc1)C(=O)CCCN(c1cccc(C)c1C)S(C)(=O)=O. The molecule has 0 saturated heterocycles. The van der Waals surface area contributed by atoms with Crippen molar-refractivity contribution in [1.82, 2.24) is 10.2 Å². The van der Waals surface area contributed by atoms with Gasteiger partial charge in [-0.3, -0.25) is 13.9 Å². The molecular weight excluding hydrogens is 474 g/mol. The Labute approximate surface area is 216 Å². The van der Waals surface area contributed by atoms with Crippen LogP contribution >= 0.6 is 0 Å². The molecule has 0 radical (unpaired) electrons. The van der Waals surface area contributed by atoms with E-state index in [1.54, 1.807) is 11.0 Å². The fourth-order valence-corrected chi connectivity index (χ4v) is 5.27. The molecule has 0 heterocycles. The Morgan fingerprint density at radius 3 is 2.28 bits per heavy atom. The molecular formula is C28H41N3O4S. The number of amides is 2. The van der Waals surface area contributed by atoms with Crippen molar-refractivity contribution in [2.75, 3.05) is 30.2 Å². The molecule has 0 saturated carbocycles. The van der Waals surface area contributed by atoms with E-state index in [1.807, 2.05) is 70.2 Å². The summed E-state index contributed by atoms with van der Waals surface area (Å²) >= 11 is 0. The van der Waals surface area contributed by atoms with Crippen molar-refractivity contribution in [2.24, 2.45) is 0 Å². The highest BCUT2D eigenvalue weighted by Crippen LogP contribution is 2.25. The van der Waals surface area contributed by atoms with E-state index in [9.17, 15) is 18.0 Å². The zero-order chi connectivity index (χ0) is 26.7. The molecule has 2 aromatic carbocycles. The van der Waals surface area contributed by atoms with Crippen molar-refractivity contribution in [3.63, 3.8) is 0 Å². The summed E-state index contributed by atoms with van der Waals surface area (Å²) in [5.41, 5.74) is 3.64. The van der Waals surface area contributed by atoms with Gasteiger partial charge in [0, 0.05) is 26.1 Å². The van der Waals surface area contributed by atoms with Crippen LogP contribution in [0.15, 0.2) is 48.5 Å². The Morgan fingerprint density at radius 2 is 1.67 bits per heavy atom. The third-order valence-electron chi connectivity index (χ3n) is 6.42. The molecule has 198 valence electrons. The molecule has 2 rings (SSSR count). The highest BCUT2D eigenvalue weighted by Gasteiger charge is 2.28. The molecule has 1 N–H and O–H groups in total. The van der Waals surface area contributed by atoms with Gasteiger partial charge in [0.2, 0.25) is 21.8 Å². The second-order valence-electron chi connectivity index (χ2n) is 9.20. The van der Waals surface area contributed by atoms with E-state index in [-0.39, 0.29) is 24.8 Å². The van der Waals surface area contributed by atoms with Gasteiger partial charge in [-0.25, -0.2) is 8.42 Å². The summed E-state index contributed by atoms with van der Waals surface area (Å²) in [4.78, 5) is 27.9. The number of rotatable bonds is 14. The number of benzene rings is 2. The number of carbonyl (C=O) groups is 2. The fourth-order valence-electron chi connectivity index (χ4n) is 4.25. The van der Waals surface area contributed by atoms with Crippen LogP contribution < -0.4 is 9.62 Å². The molecule has 0 aliphatic heterocycles. The summed E-state index contributed by atoms with van der Waals surface area (Å²) in [6.07, 6.45) is 3.67. The van der Waals surface area contributed by atoms with Crippen LogP contribution in [0.4, 0.5) is 5.69 Å². The lowest BCUT2D eigenvalue weighted by Crippen LogP contribution is -2.50. The van der Waals surface area contributed by atoms with E-state index >= 15 is 0 Å². The van der Waals surface area contributed by atoms with Gasteiger partial charge in [-0.05, 0) is 62.3 Å². The Bertz CT molecular complexity index is 1100. The first-order valence-electron chi connectivity index (χ1n) is 12.7. The summed E-state index contributed by atoms with van der Waals surface area (Å²) < 4.78 is 26.5. The number of hydrogen-bond acceptors (Lipinski definition) is 4. The molecule has 36 heavy (non-hydrogen) atoms. The van der Waals surface area contributed by atoms with Crippen LogP contribution in [0.5, 0.6) is 0 Å². The summed E-state index contributed by atoms with van der Waals surface area (Å²) in [6, 6.07) is 14.9. The summed E-state index contributed by atoms with van der Waals surface area (Å²) in [7, 11) is -3.52. The van der Waals surface area contributed by atoms with Crippen LogP contribution in [0.2, 0.25) is 0 Å². The number of hydrogen-bond donors (Lipinski definition) is 1. The molecule has 0 spiro atoms. The maximum Gasteiger partial charge on any atom is 0.242 e. The topological polar surface area (TPSA) is 86.8 Å². The third-order valence-corrected chi connectivity index (χ3v) is 7.60. The molecule has 0 aliphatic carbocycles. The van der Waals surface area contributed by atoms with Crippen molar-refractivity contribution in [3.8, 4) is 0 Å². The lowest BCUT2D eigenvalue weighted by molar-refractivity contribution is -0.140. The minimum atomic E-state index is -3.52. The van der Waals surface area contributed by atoms with Crippen molar-refractivity contribution < 1.29 is 18.0 Å². The summed E-state index contributed by atoms with van der Waals surface area (Å²) in [5, 5.41) is 2.92. The van der Waals surface area contributed by atoms with Gasteiger partial charge in [0.25, 0.3) is 0 Å². The molecule has 0 aliphatic rings. The zero-order valence-corrected chi connectivity index (χ0v) is 23.1. The molecule has 0 fully saturated rings. The predicted molar refractivity (Wildman–Crippen MR) is 147 cm³/mol. The first-order valence-corrected chi connectivity index (χ1v) is 14.6. The van der Waals surface area contributed by atoms with Gasteiger partial charge in [-0.15, -0.1) is 0 Å². The third kappa shape index (κ3) is 8.36. The minimum Gasteiger partial charge on any atom is -0.354 e. The largest absolute Gasteiger partial charge is 0.354 e. The average molecular weight is 516 g/mol. The quantitative estimate of drug-likeness (QED) is 0.408. The Balaban J connectivity index is 2.17. The minimum absolute atomic E-state index is 0.140. The van der Waals surface area contributed by atoms with Gasteiger partial charge in [-0.2, -0.15) is 0 Å². The average Bonchev–Trinajstić information content (AvgIpc) is 2.84. The lowest BCUT2D eigenvalue weighted by atomic mass is 10.1.